The van der Waals surface area contributed by atoms with E-state index < -0.39 is 29.9 Å². The predicted molar refractivity (Wildman–Crippen MR) is 110 cm³/mol. The first-order valence-corrected chi connectivity index (χ1v) is 9.96. The molecule has 0 unspecified atom stereocenters. The fourth-order valence-corrected chi connectivity index (χ4v) is 3.67. The molecule has 0 amide bonds. The van der Waals surface area contributed by atoms with Crippen molar-refractivity contribution < 1.29 is 23.0 Å². The molecule has 0 aliphatic rings. The zero-order valence-corrected chi connectivity index (χ0v) is 17.9. The third-order valence-corrected chi connectivity index (χ3v) is 5.22. The van der Waals surface area contributed by atoms with E-state index in [1.165, 1.54) is 24.9 Å². The summed E-state index contributed by atoms with van der Waals surface area (Å²) >= 11 is 1.46. The number of hydrogen-bond donors (Lipinski definition) is 2. The van der Waals surface area contributed by atoms with Crippen LogP contribution in [0.15, 0.2) is 29.4 Å². The van der Waals surface area contributed by atoms with E-state index in [-0.39, 0.29) is 22.6 Å². The molecule has 6 nitrogen and oxygen atoms in total. The second kappa shape index (κ2) is 7.99. The number of nitrogens with two attached hydrogens (primary N) is 1. The molecule has 0 fully saturated rings. The molecule has 0 radical (unpaired) electrons. The highest BCUT2D eigenvalue weighted by Crippen LogP contribution is 2.40. The Labute approximate surface area is 176 Å². The van der Waals surface area contributed by atoms with Crippen molar-refractivity contribution in [1.29, 1.82) is 0 Å². The van der Waals surface area contributed by atoms with Crippen LogP contribution in [0.1, 0.15) is 27.7 Å². The highest BCUT2D eigenvalue weighted by molar-refractivity contribution is 8.00. The Morgan fingerprint density at radius 2 is 1.93 bits per heavy atom. The van der Waals surface area contributed by atoms with Crippen LogP contribution in [0.5, 0.6) is 5.75 Å². The van der Waals surface area contributed by atoms with Crippen molar-refractivity contribution in [1.82, 2.24) is 14.4 Å². The van der Waals surface area contributed by atoms with Gasteiger partial charge < -0.3 is 15.6 Å². The van der Waals surface area contributed by atoms with E-state index in [4.69, 9.17) is 15.6 Å². The molecule has 3 aromatic heterocycles. The molecule has 1 atom stereocenters. The van der Waals surface area contributed by atoms with Gasteiger partial charge in [-0.25, -0.2) is 13.8 Å². The number of nitrogen functional groups attached to an aromatic ring is 1. The van der Waals surface area contributed by atoms with E-state index >= 15 is 0 Å². The summed E-state index contributed by atoms with van der Waals surface area (Å²) in [6.45, 7) is 6.18. The van der Waals surface area contributed by atoms with E-state index in [0.29, 0.717) is 16.3 Å². The van der Waals surface area contributed by atoms with Gasteiger partial charge in [0.1, 0.15) is 18.0 Å². The number of thioether (sulfide) groups is 1. The molecule has 3 aromatic rings. The maximum Gasteiger partial charge on any atom is 0.224 e. The Bertz CT molecular complexity index is 1080. The SMILES string of the molecule is CC(C)(C)Sc1cn2c(-c3cc(F)c(N)nc3F)cnc2cc1OC[C@@](C)(F)CO. The minimum atomic E-state index is -1.91. The van der Waals surface area contributed by atoms with E-state index in [2.05, 4.69) is 9.97 Å². The van der Waals surface area contributed by atoms with Gasteiger partial charge in [-0.15, -0.1) is 11.8 Å². The minimum Gasteiger partial charge on any atom is -0.489 e. The lowest BCUT2D eigenvalue weighted by atomic mass is 10.2. The number of hydrogen-bond acceptors (Lipinski definition) is 6. The van der Waals surface area contributed by atoms with Gasteiger partial charge in [-0.05, 0) is 13.0 Å². The van der Waals surface area contributed by atoms with Crippen molar-refractivity contribution in [2.45, 2.75) is 43.0 Å². The van der Waals surface area contributed by atoms with Crippen LogP contribution in [0.4, 0.5) is 19.0 Å². The lowest BCUT2D eigenvalue weighted by molar-refractivity contribution is 0.0398. The number of nitrogens with zero attached hydrogens (tertiary/aromatic N) is 3. The summed E-state index contributed by atoms with van der Waals surface area (Å²) in [6, 6.07) is 2.56. The van der Waals surface area contributed by atoms with Gasteiger partial charge >= 0.3 is 0 Å². The summed E-state index contributed by atoms with van der Waals surface area (Å²) in [7, 11) is 0. The summed E-state index contributed by atoms with van der Waals surface area (Å²) in [5.74, 6) is -1.91. The standard InChI is InChI=1S/C20H23F3N4O2S/c1-19(2,3)30-15-8-27-13(11-5-12(21)18(24)26-17(11)22)7-25-16(27)6-14(15)29-10-20(4,23)9-28/h5-8,28H,9-10H2,1-4H3,(H2,24,26)/t20-/m0/s1. The summed E-state index contributed by atoms with van der Waals surface area (Å²) in [5, 5.41) is 9.14. The third kappa shape index (κ3) is 4.81. The normalized spacial score (nSPS) is 14.1. The van der Waals surface area contributed by atoms with Gasteiger partial charge in [0.05, 0.1) is 29.0 Å². The summed E-state index contributed by atoms with van der Waals surface area (Å²) in [5.41, 5.74) is 4.00. The Balaban J connectivity index is 2.12. The lowest BCUT2D eigenvalue weighted by Crippen LogP contribution is -2.31. The van der Waals surface area contributed by atoms with Crippen molar-refractivity contribution in [2.75, 3.05) is 18.9 Å². The molecule has 0 spiro atoms. The van der Waals surface area contributed by atoms with Gasteiger partial charge in [0, 0.05) is 17.0 Å². The highest BCUT2D eigenvalue weighted by atomic mass is 32.2. The molecule has 0 aliphatic carbocycles. The zero-order valence-electron chi connectivity index (χ0n) is 17.0. The fourth-order valence-electron chi connectivity index (χ4n) is 2.64. The Morgan fingerprint density at radius 3 is 2.57 bits per heavy atom. The predicted octanol–water partition coefficient (Wildman–Crippen LogP) is 4.25. The first kappa shape index (κ1) is 22.2. The minimum absolute atomic E-state index is 0.0915. The molecule has 0 saturated heterocycles. The van der Waals surface area contributed by atoms with Crippen LogP contribution in [0.2, 0.25) is 0 Å². The molecular weight excluding hydrogens is 417 g/mol. The van der Waals surface area contributed by atoms with Crippen molar-refractivity contribution in [2.24, 2.45) is 0 Å². The molecule has 0 aliphatic heterocycles. The van der Waals surface area contributed by atoms with Gasteiger partial charge in [0.15, 0.2) is 17.3 Å². The van der Waals surface area contributed by atoms with E-state index in [1.807, 2.05) is 20.8 Å². The fraction of sp³-hybridized carbons (Fsp3) is 0.400. The van der Waals surface area contributed by atoms with E-state index in [1.54, 1.807) is 16.7 Å². The molecule has 10 heteroatoms. The van der Waals surface area contributed by atoms with E-state index in [0.717, 1.165) is 6.07 Å². The lowest BCUT2D eigenvalue weighted by Gasteiger charge is -2.23. The van der Waals surface area contributed by atoms with Crippen molar-refractivity contribution in [3.8, 4) is 17.0 Å². The number of rotatable bonds is 6. The van der Waals surface area contributed by atoms with Crippen molar-refractivity contribution >= 4 is 23.2 Å². The number of fused-ring (bicyclic) bond motifs is 1. The van der Waals surface area contributed by atoms with Crippen molar-refractivity contribution in [3.63, 3.8) is 0 Å². The number of pyridine rings is 2. The smallest absolute Gasteiger partial charge is 0.224 e. The maximum absolute atomic E-state index is 14.4. The number of aliphatic hydroxyl groups excluding tert-OH is 1. The number of ether oxygens (including phenoxy) is 1. The molecule has 0 aromatic carbocycles. The summed E-state index contributed by atoms with van der Waals surface area (Å²) in [4.78, 5) is 8.28. The van der Waals surface area contributed by atoms with Crippen LogP contribution in [0.3, 0.4) is 0 Å². The molecule has 3 rings (SSSR count). The van der Waals surface area contributed by atoms with Gasteiger partial charge in [0.2, 0.25) is 5.95 Å². The first-order valence-electron chi connectivity index (χ1n) is 9.15. The van der Waals surface area contributed by atoms with E-state index in [9.17, 15) is 13.2 Å². The molecule has 3 heterocycles. The average Bonchev–Trinajstić information content (AvgIpc) is 3.04. The van der Waals surface area contributed by atoms with Crippen LogP contribution in [0.25, 0.3) is 16.9 Å². The summed E-state index contributed by atoms with van der Waals surface area (Å²) < 4.78 is 49.4. The second-order valence-corrected chi connectivity index (χ2v) is 10.0. The van der Waals surface area contributed by atoms with Gasteiger partial charge in [0.25, 0.3) is 0 Å². The van der Waals surface area contributed by atoms with Crippen LogP contribution in [-0.2, 0) is 0 Å². The van der Waals surface area contributed by atoms with Crippen LogP contribution >= 0.6 is 11.8 Å². The second-order valence-electron chi connectivity index (χ2n) is 8.14. The van der Waals surface area contributed by atoms with Crippen LogP contribution < -0.4 is 10.5 Å². The Kier molecular flexibility index (Phi) is 5.92. The van der Waals surface area contributed by atoms with Crippen molar-refractivity contribution in [3.05, 3.63) is 36.3 Å². The number of aliphatic hydroxyl groups is 1. The maximum atomic E-state index is 14.4. The number of aromatic nitrogens is 3. The number of imidazole rings is 1. The topological polar surface area (TPSA) is 85.7 Å². The van der Waals surface area contributed by atoms with Crippen LogP contribution in [-0.4, -0.2) is 43.1 Å². The molecule has 30 heavy (non-hydrogen) atoms. The Hall–Kier alpha value is -2.46. The van der Waals surface area contributed by atoms with Gasteiger partial charge in [-0.3, -0.25) is 4.40 Å². The molecule has 3 N–H and O–H groups in total. The summed E-state index contributed by atoms with van der Waals surface area (Å²) in [6.07, 6.45) is 3.05. The molecule has 0 bridgehead atoms. The Morgan fingerprint density at radius 1 is 1.23 bits per heavy atom. The number of alkyl halides is 1. The monoisotopic (exact) mass is 440 g/mol. The first-order chi connectivity index (χ1) is 13.9. The van der Waals surface area contributed by atoms with Gasteiger partial charge in [-0.2, -0.15) is 9.37 Å². The van der Waals surface area contributed by atoms with Crippen LogP contribution in [0, 0.1) is 11.8 Å². The zero-order chi connectivity index (χ0) is 22.3. The number of halogens is 3. The average molecular weight is 440 g/mol. The molecular formula is C20H23F3N4O2S. The molecule has 0 saturated carbocycles. The third-order valence-electron chi connectivity index (χ3n) is 4.08. The quantitative estimate of drug-likeness (QED) is 0.440. The largest absolute Gasteiger partial charge is 0.489 e. The van der Waals surface area contributed by atoms with Gasteiger partial charge in [-0.1, -0.05) is 20.8 Å². The molecule has 162 valence electrons. The highest BCUT2D eigenvalue weighted by Gasteiger charge is 2.25. The number of anilines is 1.